The molecule has 0 radical (unpaired) electrons. The van der Waals surface area contributed by atoms with Crippen LogP contribution in [0.25, 0.3) is 0 Å². The molecule has 0 saturated carbocycles. The lowest BCUT2D eigenvalue weighted by molar-refractivity contribution is 0.00689. The summed E-state index contributed by atoms with van der Waals surface area (Å²) in [4.78, 5) is 15.9. The van der Waals surface area contributed by atoms with E-state index in [1.165, 1.54) is 6.20 Å². The molecule has 0 aromatic carbocycles. The molecule has 0 atom stereocenters. The first-order valence-corrected chi connectivity index (χ1v) is 6.43. The molecular weight excluding hydrogens is 333 g/mol. The number of rotatable bonds is 3. The number of hydrogen-bond acceptors (Lipinski definition) is 4. The molecule has 1 heterocycles. The Morgan fingerprint density at radius 3 is 2.59 bits per heavy atom. The molecule has 5 heteroatoms. The summed E-state index contributed by atoms with van der Waals surface area (Å²) < 4.78 is 11.4. The minimum Gasteiger partial charge on any atom is -0.477 e. The summed E-state index contributed by atoms with van der Waals surface area (Å²) >= 11 is 2.08. The van der Waals surface area contributed by atoms with E-state index in [1.54, 1.807) is 6.07 Å². The van der Waals surface area contributed by atoms with Gasteiger partial charge in [-0.15, -0.1) is 0 Å². The molecule has 0 amide bonds. The van der Waals surface area contributed by atoms with E-state index in [-0.39, 0.29) is 5.97 Å². The average molecular weight is 349 g/mol. The van der Waals surface area contributed by atoms with Gasteiger partial charge in [-0.2, -0.15) is 0 Å². The first-order chi connectivity index (χ1) is 7.83. The topological polar surface area (TPSA) is 48.4 Å². The normalized spacial score (nSPS) is 11.1. The zero-order valence-corrected chi connectivity index (χ0v) is 12.6. The Labute approximate surface area is 115 Å². The van der Waals surface area contributed by atoms with E-state index in [9.17, 15) is 4.79 Å². The number of ether oxygens (including phenoxy) is 2. The van der Waals surface area contributed by atoms with Crippen LogP contribution in [0, 0.1) is 3.57 Å². The van der Waals surface area contributed by atoms with Gasteiger partial charge < -0.3 is 9.47 Å². The van der Waals surface area contributed by atoms with Crippen LogP contribution in [-0.2, 0) is 4.74 Å². The smallest absolute Gasteiger partial charge is 0.340 e. The third-order valence-electron chi connectivity index (χ3n) is 1.72. The summed E-state index contributed by atoms with van der Waals surface area (Å²) in [6.45, 7) is 7.93. The van der Waals surface area contributed by atoms with Crippen LogP contribution in [0.2, 0.25) is 0 Å². The molecule has 1 rings (SSSR count). The van der Waals surface area contributed by atoms with Gasteiger partial charge in [0, 0.05) is 6.20 Å². The Balaban J connectivity index is 2.86. The van der Waals surface area contributed by atoms with Gasteiger partial charge in [-0.05, 0) is 56.4 Å². The van der Waals surface area contributed by atoms with Crippen molar-refractivity contribution in [2.45, 2.75) is 33.3 Å². The minimum absolute atomic E-state index is 0.369. The zero-order valence-electron chi connectivity index (χ0n) is 10.4. The highest BCUT2D eigenvalue weighted by atomic mass is 127. The van der Waals surface area contributed by atoms with Crippen molar-refractivity contribution in [3.05, 3.63) is 21.4 Å². The molecule has 0 N–H and O–H groups in total. The second-order valence-corrected chi connectivity index (χ2v) is 5.61. The quantitative estimate of drug-likeness (QED) is 0.622. The Hall–Kier alpha value is -0.850. The van der Waals surface area contributed by atoms with Crippen molar-refractivity contribution in [3.8, 4) is 5.88 Å². The molecule has 0 aliphatic carbocycles. The molecule has 0 spiro atoms. The van der Waals surface area contributed by atoms with E-state index in [4.69, 9.17) is 9.47 Å². The molecular formula is C12H16INO3. The third-order valence-corrected chi connectivity index (χ3v) is 2.50. The Kier molecular flexibility index (Phi) is 4.73. The Morgan fingerprint density at radius 2 is 2.12 bits per heavy atom. The lowest BCUT2D eigenvalue weighted by atomic mass is 10.2. The molecule has 0 saturated heterocycles. The summed E-state index contributed by atoms with van der Waals surface area (Å²) in [5.74, 6) is 0.173. The minimum atomic E-state index is -0.499. The van der Waals surface area contributed by atoms with Crippen LogP contribution in [0.3, 0.4) is 0 Å². The van der Waals surface area contributed by atoms with Crippen molar-refractivity contribution < 1.29 is 14.3 Å². The van der Waals surface area contributed by atoms with Crippen molar-refractivity contribution in [1.82, 2.24) is 4.98 Å². The number of aromatic nitrogens is 1. The molecule has 0 aliphatic rings. The lowest BCUT2D eigenvalue weighted by Crippen LogP contribution is -2.24. The number of halogens is 1. The highest BCUT2D eigenvalue weighted by molar-refractivity contribution is 14.1. The monoisotopic (exact) mass is 349 g/mol. The van der Waals surface area contributed by atoms with Crippen LogP contribution in [-0.4, -0.2) is 23.2 Å². The van der Waals surface area contributed by atoms with Crippen molar-refractivity contribution in [2.24, 2.45) is 0 Å². The maximum absolute atomic E-state index is 11.8. The van der Waals surface area contributed by atoms with Crippen LogP contribution in [0.4, 0.5) is 0 Å². The van der Waals surface area contributed by atoms with Gasteiger partial charge in [0.05, 0.1) is 15.7 Å². The van der Waals surface area contributed by atoms with Crippen molar-refractivity contribution in [2.75, 3.05) is 6.61 Å². The number of pyridine rings is 1. The van der Waals surface area contributed by atoms with Gasteiger partial charge in [-0.1, -0.05) is 0 Å². The second-order valence-electron chi connectivity index (χ2n) is 4.45. The molecule has 0 unspecified atom stereocenters. The highest BCUT2D eigenvalue weighted by Gasteiger charge is 2.19. The fourth-order valence-electron chi connectivity index (χ4n) is 1.12. The van der Waals surface area contributed by atoms with Gasteiger partial charge >= 0.3 is 5.97 Å². The summed E-state index contributed by atoms with van der Waals surface area (Å²) in [6.07, 6.45) is 1.47. The van der Waals surface area contributed by atoms with Crippen molar-refractivity contribution in [1.29, 1.82) is 0 Å². The molecule has 4 nitrogen and oxygen atoms in total. The molecule has 1 aromatic rings. The van der Waals surface area contributed by atoms with E-state index in [0.717, 1.165) is 3.57 Å². The zero-order chi connectivity index (χ0) is 13.1. The lowest BCUT2D eigenvalue weighted by Gasteiger charge is -2.19. The number of nitrogens with zero attached hydrogens (tertiary/aromatic N) is 1. The van der Waals surface area contributed by atoms with Gasteiger partial charge in [0.2, 0.25) is 5.88 Å². The third kappa shape index (κ3) is 4.49. The van der Waals surface area contributed by atoms with Gasteiger partial charge in [0.25, 0.3) is 0 Å². The number of esters is 1. The Morgan fingerprint density at radius 1 is 1.47 bits per heavy atom. The van der Waals surface area contributed by atoms with Gasteiger partial charge in [0.1, 0.15) is 5.60 Å². The van der Waals surface area contributed by atoms with E-state index in [2.05, 4.69) is 27.6 Å². The fourth-order valence-corrected chi connectivity index (χ4v) is 1.75. The van der Waals surface area contributed by atoms with E-state index >= 15 is 0 Å². The molecule has 94 valence electrons. The maximum Gasteiger partial charge on any atom is 0.340 e. The highest BCUT2D eigenvalue weighted by Crippen LogP contribution is 2.20. The standard InChI is InChI=1S/C12H16INO3/c1-5-16-10-9(13)6-8(7-14-10)11(15)17-12(2,3)4/h6-7H,5H2,1-4H3. The summed E-state index contributed by atoms with van der Waals surface area (Å²) in [6, 6.07) is 1.71. The molecule has 1 aromatic heterocycles. The largest absolute Gasteiger partial charge is 0.477 e. The number of carbonyl (C=O) groups excluding carboxylic acids is 1. The first-order valence-electron chi connectivity index (χ1n) is 5.35. The second kappa shape index (κ2) is 5.66. The average Bonchev–Trinajstić information content (AvgIpc) is 2.18. The van der Waals surface area contributed by atoms with Crippen LogP contribution in [0.15, 0.2) is 12.3 Å². The van der Waals surface area contributed by atoms with Gasteiger partial charge in [0.15, 0.2) is 0 Å². The summed E-state index contributed by atoms with van der Waals surface area (Å²) in [7, 11) is 0. The van der Waals surface area contributed by atoms with E-state index < -0.39 is 5.60 Å². The maximum atomic E-state index is 11.8. The van der Waals surface area contributed by atoms with Gasteiger partial charge in [-0.25, -0.2) is 9.78 Å². The van der Waals surface area contributed by atoms with Crippen LogP contribution in [0.1, 0.15) is 38.1 Å². The summed E-state index contributed by atoms with van der Waals surface area (Å²) in [5.41, 5.74) is -0.0611. The number of hydrogen-bond donors (Lipinski definition) is 0. The van der Waals surface area contributed by atoms with E-state index in [1.807, 2.05) is 27.7 Å². The van der Waals surface area contributed by atoms with Crippen molar-refractivity contribution in [3.63, 3.8) is 0 Å². The molecule has 17 heavy (non-hydrogen) atoms. The van der Waals surface area contributed by atoms with E-state index in [0.29, 0.717) is 18.1 Å². The molecule has 0 bridgehead atoms. The first kappa shape index (κ1) is 14.2. The fraction of sp³-hybridized carbons (Fsp3) is 0.500. The van der Waals surface area contributed by atoms with Crippen molar-refractivity contribution >= 4 is 28.6 Å². The predicted octanol–water partition coefficient (Wildman–Crippen LogP) is 3.04. The Bertz CT molecular complexity index is 413. The van der Waals surface area contributed by atoms with Crippen LogP contribution < -0.4 is 4.74 Å². The number of carbonyl (C=O) groups is 1. The summed E-state index contributed by atoms with van der Waals surface area (Å²) in [5, 5.41) is 0. The van der Waals surface area contributed by atoms with Gasteiger partial charge in [-0.3, -0.25) is 0 Å². The predicted molar refractivity (Wildman–Crippen MR) is 73.3 cm³/mol. The van der Waals surface area contributed by atoms with Crippen LogP contribution in [0.5, 0.6) is 5.88 Å². The van der Waals surface area contributed by atoms with Crippen LogP contribution >= 0.6 is 22.6 Å². The molecule has 0 aliphatic heterocycles. The SMILES string of the molecule is CCOc1ncc(C(=O)OC(C)(C)C)cc1I. The molecule has 0 fully saturated rings.